The number of fused-ring (bicyclic) bond motifs is 3. The van der Waals surface area contributed by atoms with Crippen molar-refractivity contribution in [1.29, 1.82) is 0 Å². The van der Waals surface area contributed by atoms with Gasteiger partial charge >= 0.3 is 0 Å². The number of morpholine rings is 1. The molecule has 7 heteroatoms. The van der Waals surface area contributed by atoms with E-state index in [0.717, 1.165) is 25.7 Å². The first kappa shape index (κ1) is 22.1. The summed E-state index contributed by atoms with van der Waals surface area (Å²) in [5, 5.41) is 16.8. The number of hydrogen-bond acceptors (Lipinski definition) is 5. The lowest BCUT2D eigenvalue weighted by Gasteiger charge is -2.45. The number of aliphatic hydroxyl groups is 1. The number of amides is 2. The van der Waals surface area contributed by atoms with Gasteiger partial charge in [0.2, 0.25) is 0 Å². The largest absolute Gasteiger partial charge is 0.390 e. The van der Waals surface area contributed by atoms with E-state index in [-0.39, 0.29) is 36.5 Å². The smallest absolute Gasteiger partial charge is 0.254 e. The number of ether oxygens (including phenoxy) is 1. The van der Waals surface area contributed by atoms with Crippen LogP contribution in [0, 0.1) is 0 Å². The molecule has 2 saturated heterocycles. The van der Waals surface area contributed by atoms with Crippen LogP contribution in [0.1, 0.15) is 51.1 Å². The minimum atomic E-state index is -0.691. The molecule has 3 N–H and O–H groups in total. The number of nitrogens with zero attached hydrogens (tertiary/aromatic N) is 1. The van der Waals surface area contributed by atoms with Gasteiger partial charge < -0.3 is 25.4 Å². The first-order chi connectivity index (χ1) is 16.1. The van der Waals surface area contributed by atoms with Gasteiger partial charge in [-0.15, -0.1) is 0 Å². The molecule has 0 aliphatic carbocycles. The van der Waals surface area contributed by atoms with Gasteiger partial charge in [-0.2, -0.15) is 0 Å². The Labute approximate surface area is 194 Å². The predicted octanol–water partition coefficient (Wildman–Crippen LogP) is 1.89. The second-order valence-electron chi connectivity index (χ2n) is 9.30. The third-order valence-electron chi connectivity index (χ3n) is 7.16. The van der Waals surface area contributed by atoms with Crippen molar-refractivity contribution in [2.75, 3.05) is 19.8 Å². The summed E-state index contributed by atoms with van der Waals surface area (Å²) >= 11 is 0. The van der Waals surface area contributed by atoms with Gasteiger partial charge in [-0.3, -0.25) is 9.59 Å². The van der Waals surface area contributed by atoms with Crippen molar-refractivity contribution in [1.82, 2.24) is 15.5 Å². The van der Waals surface area contributed by atoms with Crippen molar-refractivity contribution in [3.63, 3.8) is 0 Å². The zero-order chi connectivity index (χ0) is 22.8. The van der Waals surface area contributed by atoms with Crippen LogP contribution in [-0.4, -0.2) is 65.8 Å². The Hall–Kier alpha value is -2.74. The van der Waals surface area contributed by atoms with Gasteiger partial charge in [0.05, 0.1) is 31.4 Å². The highest BCUT2D eigenvalue weighted by molar-refractivity contribution is 5.98. The zero-order valence-corrected chi connectivity index (χ0v) is 18.7. The molecule has 3 heterocycles. The Kier molecular flexibility index (Phi) is 6.44. The van der Waals surface area contributed by atoms with Gasteiger partial charge in [-0.1, -0.05) is 24.3 Å². The van der Waals surface area contributed by atoms with Gasteiger partial charge in [-0.25, -0.2) is 0 Å². The topological polar surface area (TPSA) is 90.9 Å². The van der Waals surface area contributed by atoms with E-state index in [2.05, 4.69) is 22.8 Å². The van der Waals surface area contributed by atoms with Crippen molar-refractivity contribution >= 4 is 11.8 Å². The van der Waals surface area contributed by atoms with E-state index in [9.17, 15) is 14.7 Å². The van der Waals surface area contributed by atoms with Crippen LogP contribution < -0.4 is 10.6 Å². The van der Waals surface area contributed by atoms with Crippen molar-refractivity contribution in [3.8, 4) is 0 Å². The third-order valence-corrected chi connectivity index (χ3v) is 7.16. The number of nitrogens with one attached hydrogen (secondary N) is 2. The van der Waals surface area contributed by atoms with Crippen LogP contribution in [0.15, 0.2) is 48.5 Å². The van der Waals surface area contributed by atoms with Gasteiger partial charge in [0.25, 0.3) is 11.8 Å². The maximum absolute atomic E-state index is 13.1. The number of hydrogen-bond donors (Lipinski definition) is 3. The summed E-state index contributed by atoms with van der Waals surface area (Å²) in [5.74, 6) is -0.244. The summed E-state index contributed by atoms with van der Waals surface area (Å²) < 4.78 is 5.64. The molecule has 3 aliphatic heterocycles. The highest BCUT2D eigenvalue weighted by Crippen LogP contribution is 2.29. The summed E-state index contributed by atoms with van der Waals surface area (Å²) in [6, 6.07) is 15.2. The minimum absolute atomic E-state index is 0.0130. The Morgan fingerprint density at radius 2 is 1.70 bits per heavy atom. The molecule has 33 heavy (non-hydrogen) atoms. The van der Waals surface area contributed by atoms with Crippen LogP contribution in [0.25, 0.3) is 0 Å². The number of aliphatic hydroxyl groups excluding tert-OH is 1. The van der Waals surface area contributed by atoms with Crippen LogP contribution in [0.4, 0.5) is 0 Å². The molecule has 2 aromatic carbocycles. The van der Waals surface area contributed by atoms with Crippen molar-refractivity contribution in [3.05, 3.63) is 70.8 Å². The van der Waals surface area contributed by atoms with Crippen molar-refractivity contribution in [2.45, 2.75) is 56.5 Å². The third kappa shape index (κ3) is 4.67. The summed E-state index contributed by atoms with van der Waals surface area (Å²) in [4.78, 5) is 27.7. The lowest BCUT2D eigenvalue weighted by Crippen LogP contribution is -2.57. The highest BCUT2D eigenvalue weighted by Gasteiger charge is 2.38. The number of rotatable bonds is 5. The molecule has 7 nitrogen and oxygen atoms in total. The van der Waals surface area contributed by atoms with Gasteiger partial charge in [0, 0.05) is 30.3 Å². The quantitative estimate of drug-likeness (QED) is 0.649. The van der Waals surface area contributed by atoms with Gasteiger partial charge in [0.1, 0.15) is 0 Å². The fraction of sp³-hybridized carbons (Fsp3) is 0.462. The lowest BCUT2D eigenvalue weighted by molar-refractivity contribution is -0.0565. The van der Waals surface area contributed by atoms with Crippen molar-refractivity contribution < 1.29 is 19.4 Å². The number of benzene rings is 2. The molecule has 5 rings (SSSR count). The molecule has 0 saturated carbocycles. The number of carbonyl (C=O) groups excluding carboxylic acids is 2. The molecule has 2 bridgehead atoms. The van der Waals surface area contributed by atoms with E-state index in [4.69, 9.17) is 4.74 Å². The second kappa shape index (κ2) is 9.63. The van der Waals surface area contributed by atoms with Crippen molar-refractivity contribution in [2.24, 2.45) is 0 Å². The van der Waals surface area contributed by atoms with Crippen LogP contribution in [0.3, 0.4) is 0 Å². The monoisotopic (exact) mass is 449 g/mol. The lowest BCUT2D eigenvalue weighted by atomic mass is 9.93. The maximum Gasteiger partial charge on any atom is 0.254 e. The SMILES string of the molecule is O=C(NCC(O)[C@@H]1Cc2ccccc2CN1)c1ccc(C(=O)N2C3CCCC2COC3)cc1. The molecule has 2 fully saturated rings. The molecule has 4 atom stereocenters. The molecule has 0 radical (unpaired) electrons. The summed E-state index contributed by atoms with van der Waals surface area (Å²) in [5.41, 5.74) is 3.55. The summed E-state index contributed by atoms with van der Waals surface area (Å²) in [7, 11) is 0. The van der Waals surface area contributed by atoms with Gasteiger partial charge in [0.15, 0.2) is 0 Å². The fourth-order valence-corrected chi connectivity index (χ4v) is 5.27. The average molecular weight is 450 g/mol. The van der Waals surface area contributed by atoms with E-state index in [1.807, 2.05) is 17.0 Å². The molecule has 0 aromatic heterocycles. The Morgan fingerprint density at radius 1 is 1.03 bits per heavy atom. The Balaban J connectivity index is 1.16. The highest BCUT2D eigenvalue weighted by atomic mass is 16.5. The molecular weight excluding hydrogens is 418 g/mol. The molecule has 3 aliphatic rings. The van der Waals surface area contributed by atoms with E-state index in [1.54, 1.807) is 24.3 Å². The molecule has 2 amide bonds. The maximum atomic E-state index is 13.1. The summed E-state index contributed by atoms with van der Waals surface area (Å²) in [6.07, 6.45) is 3.13. The Bertz CT molecular complexity index is 987. The molecule has 174 valence electrons. The molecule has 3 unspecified atom stereocenters. The van der Waals surface area contributed by atoms with E-state index in [0.29, 0.717) is 30.9 Å². The zero-order valence-electron chi connectivity index (χ0n) is 18.7. The van der Waals surface area contributed by atoms with Gasteiger partial charge in [-0.05, 0) is 61.1 Å². The normalized spacial score (nSPS) is 25.1. The van der Waals surface area contributed by atoms with Crippen LogP contribution in [-0.2, 0) is 17.7 Å². The first-order valence-corrected chi connectivity index (χ1v) is 11.9. The number of carbonyl (C=O) groups is 2. The second-order valence-corrected chi connectivity index (χ2v) is 9.30. The van der Waals surface area contributed by atoms with Crippen LogP contribution >= 0.6 is 0 Å². The van der Waals surface area contributed by atoms with E-state index in [1.165, 1.54) is 11.1 Å². The molecule has 0 spiro atoms. The fourth-order valence-electron chi connectivity index (χ4n) is 5.27. The first-order valence-electron chi connectivity index (χ1n) is 11.9. The summed E-state index contributed by atoms with van der Waals surface area (Å²) in [6.45, 7) is 2.08. The Morgan fingerprint density at radius 3 is 2.42 bits per heavy atom. The molecular formula is C26H31N3O4. The predicted molar refractivity (Wildman–Crippen MR) is 124 cm³/mol. The van der Waals surface area contributed by atoms with E-state index < -0.39 is 6.10 Å². The minimum Gasteiger partial charge on any atom is -0.390 e. The van der Waals surface area contributed by atoms with Crippen LogP contribution in [0.2, 0.25) is 0 Å². The van der Waals surface area contributed by atoms with E-state index >= 15 is 0 Å². The average Bonchev–Trinajstić information content (AvgIpc) is 2.86. The molecule has 2 aromatic rings. The van der Waals surface area contributed by atoms with Crippen LogP contribution in [0.5, 0.6) is 0 Å². The number of piperidine rings is 1. The standard InChI is InChI=1S/C26H31N3O4/c30-24(23-12-19-4-1-2-5-20(19)13-27-23)14-28-25(31)17-8-10-18(11-9-17)26(32)29-21-6-3-7-22(29)16-33-15-21/h1-2,4-5,8-11,21-24,27,30H,3,6-7,12-16H2,(H,28,31)/t21?,22?,23-,24?/m0/s1.